The maximum Gasteiger partial charge on any atom is 0.220 e. The van der Waals surface area contributed by atoms with Gasteiger partial charge in [0.2, 0.25) is 5.91 Å². The van der Waals surface area contributed by atoms with Crippen LogP contribution in [0.5, 0.6) is 0 Å². The molecule has 1 aliphatic heterocycles. The Labute approximate surface area is 95.3 Å². The highest BCUT2D eigenvalue weighted by atomic mass is 35.5. The zero-order valence-electron chi connectivity index (χ0n) is 8.54. The first-order valence-electron chi connectivity index (χ1n) is 5.09. The number of hydrogen-bond acceptors (Lipinski definition) is 3. The fraction of sp³-hybridized carbons (Fsp3) is 0.889. The quantitative estimate of drug-likeness (QED) is 0.751. The molecule has 6 heteroatoms. The molecule has 1 fully saturated rings. The Hall–Kier alpha value is -0.290. The number of nitrogens with one attached hydrogen (secondary N) is 1. The van der Waals surface area contributed by atoms with Crippen LogP contribution in [0.25, 0.3) is 0 Å². The zero-order valence-corrected chi connectivity index (χ0v) is 10.1. The first kappa shape index (κ1) is 12.8. The fourth-order valence-electron chi connectivity index (χ4n) is 1.66. The summed E-state index contributed by atoms with van der Waals surface area (Å²) < 4.78 is 22.6. The van der Waals surface area contributed by atoms with Gasteiger partial charge >= 0.3 is 0 Å². The second kappa shape index (κ2) is 5.70. The van der Waals surface area contributed by atoms with Gasteiger partial charge in [-0.3, -0.25) is 4.79 Å². The first-order valence-corrected chi connectivity index (χ1v) is 7.45. The molecule has 0 aliphatic carbocycles. The van der Waals surface area contributed by atoms with E-state index in [1.54, 1.807) is 0 Å². The molecule has 0 saturated carbocycles. The lowest BCUT2D eigenvalue weighted by Crippen LogP contribution is -2.43. The van der Waals surface area contributed by atoms with Gasteiger partial charge in [-0.15, -0.1) is 11.6 Å². The Morgan fingerprint density at radius 2 is 2.20 bits per heavy atom. The molecular weight excluding hydrogens is 238 g/mol. The van der Waals surface area contributed by atoms with Crippen LogP contribution >= 0.6 is 11.6 Å². The summed E-state index contributed by atoms with van der Waals surface area (Å²) in [6.07, 6.45) is 2.40. The van der Waals surface area contributed by atoms with Crippen LogP contribution in [0.2, 0.25) is 0 Å². The lowest BCUT2D eigenvalue weighted by atomic mass is 10.2. The van der Waals surface area contributed by atoms with Gasteiger partial charge in [-0.05, 0) is 19.3 Å². The predicted molar refractivity (Wildman–Crippen MR) is 59.8 cm³/mol. The molecule has 1 unspecified atom stereocenters. The van der Waals surface area contributed by atoms with Crippen molar-refractivity contribution >= 4 is 27.3 Å². The summed E-state index contributed by atoms with van der Waals surface area (Å²) in [4.78, 5) is 11.3. The minimum Gasteiger partial charge on any atom is -0.352 e. The topological polar surface area (TPSA) is 63.2 Å². The third kappa shape index (κ3) is 4.84. The average molecular weight is 254 g/mol. The van der Waals surface area contributed by atoms with E-state index in [0.717, 1.165) is 6.42 Å². The second-order valence-corrected chi connectivity index (χ2v) is 6.42. The van der Waals surface area contributed by atoms with E-state index >= 15 is 0 Å². The average Bonchev–Trinajstić information content (AvgIpc) is 2.13. The van der Waals surface area contributed by atoms with E-state index in [9.17, 15) is 13.2 Å². The molecule has 0 aromatic rings. The minimum absolute atomic E-state index is 0.0830. The van der Waals surface area contributed by atoms with Crippen molar-refractivity contribution in [1.82, 2.24) is 5.32 Å². The van der Waals surface area contributed by atoms with Gasteiger partial charge in [0, 0.05) is 18.3 Å². The van der Waals surface area contributed by atoms with Crippen molar-refractivity contribution in [3.05, 3.63) is 0 Å². The van der Waals surface area contributed by atoms with Crippen LogP contribution in [-0.4, -0.2) is 37.8 Å². The SMILES string of the molecule is O=C(CCCCl)NC1CCCS(=O)(=O)C1. The third-order valence-electron chi connectivity index (χ3n) is 2.37. The lowest BCUT2D eigenvalue weighted by Gasteiger charge is -2.22. The highest BCUT2D eigenvalue weighted by Crippen LogP contribution is 2.12. The Bertz CT molecular complexity index is 315. The van der Waals surface area contributed by atoms with E-state index in [1.807, 2.05) is 0 Å². The molecule has 1 rings (SSSR count). The van der Waals surface area contributed by atoms with Crippen molar-refractivity contribution < 1.29 is 13.2 Å². The Morgan fingerprint density at radius 3 is 2.80 bits per heavy atom. The Morgan fingerprint density at radius 1 is 1.47 bits per heavy atom. The number of rotatable bonds is 4. The molecule has 15 heavy (non-hydrogen) atoms. The van der Waals surface area contributed by atoms with Crippen LogP contribution < -0.4 is 5.32 Å². The van der Waals surface area contributed by atoms with E-state index in [1.165, 1.54) is 0 Å². The fourth-order valence-corrected chi connectivity index (χ4v) is 3.43. The standard InChI is InChI=1S/C9H16ClNO3S/c10-5-1-4-9(12)11-8-3-2-6-15(13,14)7-8/h8H,1-7H2,(H,11,12). The Balaban J connectivity index is 2.35. The highest BCUT2D eigenvalue weighted by Gasteiger charge is 2.25. The molecule has 4 nitrogen and oxygen atoms in total. The van der Waals surface area contributed by atoms with Crippen LogP contribution in [0.15, 0.2) is 0 Å². The number of carbonyl (C=O) groups excluding carboxylic acids is 1. The monoisotopic (exact) mass is 253 g/mol. The molecule has 0 bridgehead atoms. The maximum atomic E-state index is 11.3. The van der Waals surface area contributed by atoms with Crippen molar-refractivity contribution in [2.75, 3.05) is 17.4 Å². The summed E-state index contributed by atoms with van der Waals surface area (Å²) in [6, 6.07) is -0.202. The molecule has 1 saturated heterocycles. The van der Waals surface area contributed by atoms with E-state index < -0.39 is 9.84 Å². The molecule has 88 valence electrons. The normalized spacial score (nSPS) is 24.7. The summed E-state index contributed by atoms with van der Waals surface area (Å²) in [5.41, 5.74) is 0. The molecule has 1 amide bonds. The number of hydrogen-bond donors (Lipinski definition) is 1. The van der Waals surface area contributed by atoms with Gasteiger partial charge in [0.25, 0.3) is 0 Å². The van der Waals surface area contributed by atoms with E-state index in [0.29, 0.717) is 25.1 Å². The number of carbonyl (C=O) groups is 1. The molecule has 0 spiro atoms. The van der Waals surface area contributed by atoms with Crippen LogP contribution in [0, 0.1) is 0 Å². The van der Waals surface area contributed by atoms with Gasteiger partial charge in [-0.1, -0.05) is 0 Å². The van der Waals surface area contributed by atoms with Crippen LogP contribution in [0.1, 0.15) is 25.7 Å². The van der Waals surface area contributed by atoms with Gasteiger partial charge in [-0.2, -0.15) is 0 Å². The number of amides is 1. The number of alkyl halides is 1. The van der Waals surface area contributed by atoms with Crippen molar-refractivity contribution in [2.24, 2.45) is 0 Å². The van der Waals surface area contributed by atoms with Crippen molar-refractivity contribution in [3.63, 3.8) is 0 Å². The summed E-state index contributed by atoms with van der Waals surface area (Å²) in [6.45, 7) is 0. The molecule has 1 heterocycles. The zero-order chi connectivity index (χ0) is 11.3. The number of halogens is 1. The molecule has 1 atom stereocenters. The first-order chi connectivity index (χ1) is 7.03. The predicted octanol–water partition coefficient (Wildman–Crippen LogP) is 0.699. The molecule has 0 aromatic carbocycles. The number of sulfone groups is 1. The van der Waals surface area contributed by atoms with Crippen molar-refractivity contribution in [2.45, 2.75) is 31.7 Å². The van der Waals surface area contributed by atoms with Gasteiger partial charge in [-0.25, -0.2) is 8.42 Å². The lowest BCUT2D eigenvalue weighted by molar-refractivity contribution is -0.121. The summed E-state index contributed by atoms with van der Waals surface area (Å²) in [5, 5.41) is 2.73. The summed E-state index contributed by atoms with van der Waals surface area (Å²) in [7, 11) is -2.94. The van der Waals surface area contributed by atoms with Gasteiger partial charge in [0.1, 0.15) is 0 Å². The highest BCUT2D eigenvalue weighted by molar-refractivity contribution is 7.91. The smallest absolute Gasteiger partial charge is 0.220 e. The minimum atomic E-state index is -2.94. The van der Waals surface area contributed by atoms with Gasteiger partial charge in [0.15, 0.2) is 9.84 Å². The van der Waals surface area contributed by atoms with Gasteiger partial charge in [0.05, 0.1) is 11.5 Å². The van der Waals surface area contributed by atoms with Crippen LogP contribution in [-0.2, 0) is 14.6 Å². The van der Waals surface area contributed by atoms with Crippen molar-refractivity contribution in [3.8, 4) is 0 Å². The van der Waals surface area contributed by atoms with E-state index in [4.69, 9.17) is 11.6 Å². The van der Waals surface area contributed by atoms with Crippen molar-refractivity contribution in [1.29, 1.82) is 0 Å². The summed E-state index contributed by atoms with van der Waals surface area (Å²) >= 11 is 5.46. The largest absolute Gasteiger partial charge is 0.352 e. The van der Waals surface area contributed by atoms with Gasteiger partial charge < -0.3 is 5.32 Å². The molecule has 0 aromatic heterocycles. The second-order valence-electron chi connectivity index (χ2n) is 3.81. The molecule has 1 N–H and O–H groups in total. The molecule has 0 radical (unpaired) electrons. The van der Waals surface area contributed by atoms with E-state index in [-0.39, 0.29) is 23.5 Å². The third-order valence-corrected chi connectivity index (χ3v) is 4.45. The molecular formula is C9H16ClNO3S. The Kier molecular flexibility index (Phi) is 4.86. The van der Waals surface area contributed by atoms with E-state index in [2.05, 4.69) is 5.32 Å². The van der Waals surface area contributed by atoms with Crippen LogP contribution in [0.3, 0.4) is 0 Å². The van der Waals surface area contributed by atoms with Crippen LogP contribution in [0.4, 0.5) is 0 Å². The maximum absolute atomic E-state index is 11.3. The summed E-state index contributed by atoms with van der Waals surface area (Å²) in [5.74, 6) is 0.689. The molecule has 1 aliphatic rings.